The highest BCUT2D eigenvalue weighted by molar-refractivity contribution is 14.1. The topological polar surface area (TPSA) is 47.0 Å². The number of aromatic nitrogens is 1. The SMILES string of the molecule is O=Cc1ccccc1CCC(=O)c1cccc(/C=C/c2ccc3ccc(I)cc3n2)c1. The Morgan fingerprint density at radius 2 is 1.74 bits per heavy atom. The van der Waals surface area contributed by atoms with E-state index in [0.717, 1.165) is 37.6 Å². The van der Waals surface area contributed by atoms with Crippen molar-refractivity contribution < 1.29 is 9.59 Å². The molecule has 0 saturated carbocycles. The highest BCUT2D eigenvalue weighted by atomic mass is 127. The van der Waals surface area contributed by atoms with E-state index in [9.17, 15) is 9.59 Å². The fourth-order valence-corrected chi connectivity index (χ4v) is 3.94. The molecule has 0 radical (unpaired) electrons. The third-order valence-corrected chi connectivity index (χ3v) is 5.81. The fraction of sp³-hybridized carbons (Fsp3) is 0.0741. The molecule has 0 spiro atoms. The van der Waals surface area contributed by atoms with E-state index in [1.807, 2.05) is 60.7 Å². The number of aldehydes is 1. The molecule has 1 aromatic heterocycles. The van der Waals surface area contributed by atoms with Crippen LogP contribution in [0.5, 0.6) is 0 Å². The van der Waals surface area contributed by atoms with Gasteiger partial charge in [-0.15, -0.1) is 0 Å². The van der Waals surface area contributed by atoms with Crippen LogP contribution in [0.1, 0.15) is 44.0 Å². The Kier molecular flexibility index (Phi) is 6.67. The van der Waals surface area contributed by atoms with Crippen molar-refractivity contribution in [2.45, 2.75) is 12.8 Å². The number of benzene rings is 3. The standard InChI is InChI=1S/C27H20INO2/c28-24-12-9-21-10-14-25(29-26(21)17-24)13-8-19-4-3-7-22(16-19)27(31)15-11-20-5-1-2-6-23(20)18-30/h1-10,12-14,16-18H,11,15H2/b13-8+. The molecule has 4 heteroatoms. The number of pyridine rings is 1. The first-order valence-corrected chi connectivity index (χ1v) is 11.1. The molecule has 0 fully saturated rings. The van der Waals surface area contributed by atoms with Crippen molar-refractivity contribution in [2.75, 3.05) is 0 Å². The second-order valence-electron chi connectivity index (χ2n) is 7.27. The number of hydrogen-bond acceptors (Lipinski definition) is 3. The molecule has 0 atom stereocenters. The van der Waals surface area contributed by atoms with Crippen molar-refractivity contribution in [3.05, 3.63) is 110 Å². The summed E-state index contributed by atoms with van der Waals surface area (Å²) in [6.07, 6.45) is 5.69. The lowest BCUT2D eigenvalue weighted by atomic mass is 9.98. The predicted molar refractivity (Wildman–Crippen MR) is 134 cm³/mol. The highest BCUT2D eigenvalue weighted by Gasteiger charge is 2.08. The highest BCUT2D eigenvalue weighted by Crippen LogP contribution is 2.18. The Bertz CT molecular complexity index is 1290. The molecule has 0 aliphatic heterocycles. The van der Waals surface area contributed by atoms with Crippen molar-refractivity contribution >= 4 is 57.7 Å². The molecule has 0 aliphatic carbocycles. The molecule has 0 amide bonds. The van der Waals surface area contributed by atoms with Gasteiger partial charge in [-0.3, -0.25) is 9.59 Å². The second-order valence-corrected chi connectivity index (χ2v) is 8.52. The van der Waals surface area contributed by atoms with E-state index >= 15 is 0 Å². The minimum absolute atomic E-state index is 0.0642. The van der Waals surface area contributed by atoms with Crippen LogP contribution in [0.2, 0.25) is 0 Å². The third-order valence-electron chi connectivity index (χ3n) is 5.13. The molecule has 4 rings (SSSR count). The van der Waals surface area contributed by atoms with Gasteiger partial charge in [0, 0.05) is 26.5 Å². The largest absolute Gasteiger partial charge is 0.298 e. The lowest BCUT2D eigenvalue weighted by Crippen LogP contribution is -2.03. The van der Waals surface area contributed by atoms with Crippen molar-refractivity contribution in [3.63, 3.8) is 0 Å². The number of fused-ring (bicyclic) bond motifs is 1. The molecule has 0 aliphatic rings. The van der Waals surface area contributed by atoms with Gasteiger partial charge in [-0.1, -0.05) is 60.7 Å². The third kappa shape index (κ3) is 5.33. The van der Waals surface area contributed by atoms with E-state index < -0.39 is 0 Å². The van der Waals surface area contributed by atoms with Crippen molar-refractivity contribution in [3.8, 4) is 0 Å². The van der Waals surface area contributed by atoms with E-state index in [4.69, 9.17) is 4.98 Å². The van der Waals surface area contributed by atoms with Crippen LogP contribution in [0.3, 0.4) is 0 Å². The zero-order chi connectivity index (χ0) is 21.6. The summed E-state index contributed by atoms with van der Waals surface area (Å²) in [5.41, 5.74) is 5.00. The maximum atomic E-state index is 12.7. The summed E-state index contributed by atoms with van der Waals surface area (Å²) in [5.74, 6) is 0.0642. The van der Waals surface area contributed by atoms with Gasteiger partial charge < -0.3 is 0 Å². The minimum Gasteiger partial charge on any atom is -0.298 e. The molecule has 3 aromatic carbocycles. The van der Waals surface area contributed by atoms with E-state index in [1.54, 1.807) is 6.07 Å². The van der Waals surface area contributed by atoms with Crippen LogP contribution in [-0.2, 0) is 6.42 Å². The first-order valence-electron chi connectivity index (χ1n) is 10.0. The number of aryl methyl sites for hydroxylation is 1. The van der Waals surface area contributed by atoms with Gasteiger partial charge in [-0.25, -0.2) is 4.98 Å². The van der Waals surface area contributed by atoms with E-state index in [-0.39, 0.29) is 5.78 Å². The zero-order valence-corrected chi connectivity index (χ0v) is 19.0. The number of nitrogens with zero attached hydrogens (tertiary/aromatic N) is 1. The number of ketones is 1. The smallest absolute Gasteiger partial charge is 0.163 e. The van der Waals surface area contributed by atoms with Gasteiger partial charge in [-0.05, 0) is 70.5 Å². The molecule has 4 aromatic rings. The fourth-order valence-electron chi connectivity index (χ4n) is 3.47. The number of rotatable bonds is 7. The molecule has 3 nitrogen and oxygen atoms in total. The summed E-state index contributed by atoms with van der Waals surface area (Å²) < 4.78 is 1.15. The van der Waals surface area contributed by atoms with Crippen LogP contribution < -0.4 is 0 Å². The van der Waals surface area contributed by atoms with Gasteiger partial charge in [0.2, 0.25) is 0 Å². The van der Waals surface area contributed by atoms with Crippen LogP contribution in [0.4, 0.5) is 0 Å². The lowest BCUT2D eigenvalue weighted by molar-refractivity contribution is 0.0981. The van der Waals surface area contributed by atoms with E-state index in [2.05, 4.69) is 46.9 Å². The Hall–Kier alpha value is -3.12. The van der Waals surface area contributed by atoms with E-state index in [0.29, 0.717) is 24.0 Å². The summed E-state index contributed by atoms with van der Waals surface area (Å²) in [6, 6.07) is 25.2. The lowest BCUT2D eigenvalue weighted by Gasteiger charge is -2.05. The summed E-state index contributed by atoms with van der Waals surface area (Å²) in [5, 5.41) is 1.11. The number of carbonyl (C=O) groups is 2. The molecule has 0 N–H and O–H groups in total. The monoisotopic (exact) mass is 517 g/mol. The Labute approximate surface area is 195 Å². The normalized spacial score (nSPS) is 11.1. The van der Waals surface area contributed by atoms with Gasteiger partial charge in [0.25, 0.3) is 0 Å². The quantitative estimate of drug-likeness (QED) is 0.157. The summed E-state index contributed by atoms with van der Waals surface area (Å²) >= 11 is 2.29. The summed E-state index contributed by atoms with van der Waals surface area (Å²) in [7, 11) is 0. The van der Waals surface area contributed by atoms with Crippen molar-refractivity contribution in [2.24, 2.45) is 0 Å². The zero-order valence-electron chi connectivity index (χ0n) is 16.8. The average Bonchev–Trinajstić information content (AvgIpc) is 2.81. The van der Waals surface area contributed by atoms with Crippen LogP contribution in [0, 0.1) is 3.57 Å². The Morgan fingerprint density at radius 3 is 2.61 bits per heavy atom. The van der Waals surface area contributed by atoms with Crippen LogP contribution in [0.15, 0.2) is 78.9 Å². The summed E-state index contributed by atoms with van der Waals surface area (Å²) in [6.45, 7) is 0. The first-order chi connectivity index (χ1) is 15.1. The molecular formula is C27H20INO2. The Morgan fingerprint density at radius 1 is 0.903 bits per heavy atom. The number of hydrogen-bond donors (Lipinski definition) is 0. The molecule has 31 heavy (non-hydrogen) atoms. The maximum absolute atomic E-state index is 12.7. The molecule has 0 saturated heterocycles. The van der Waals surface area contributed by atoms with Gasteiger partial charge in [0.15, 0.2) is 5.78 Å². The van der Waals surface area contributed by atoms with E-state index in [1.165, 1.54) is 0 Å². The van der Waals surface area contributed by atoms with Crippen molar-refractivity contribution in [1.82, 2.24) is 4.98 Å². The van der Waals surface area contributed by atoms with Gasteiger partial charge >= 0.3 is 0 Å². The molecular weight excluding hydrogens is 497 g/mol. The maximum Gasteiger partial charge on any atom is 0.163 e. The molecule has 0 unspecified atom stereocenters. The predicted octanol–water partition coefficient (Wildman–Crippen LogP) is 6.64. The van der Waals surface area contributed by atoms with Gasteiger partial charge in [0.1, 0.15) is 6.29 Å². The summed E-state index contributed by atoms with van der Waals surface area (Å²) in [4.78, 5) is 28.6. The molecule has 152 valence electrons. The average molecular weight is 517 g/mol. The molecule has 1 heterocycles. The number of Topliss-reactive ketones (excluding diaryl/α,β-unsaturated/α-hetero) is 1. The Balaban J connectivity index is 1.47. The van der Waals surface area contributed by atoms with Crippen LogP contribution >= 0.6 is 22.6 Å². The molecule has 0 bridgehead atoms. The first kappa shape index (κ1) is 21.1. The van der Waals surface area contributed by atoms with Gasteiger partial charge in [0.05, 0.1) is 11.2 Å². The van der Waals surface area contributed by atoms with Crippen molar-refractivity contribution in [1.29, 1.82) is 0 Å². The van der Waals surface area contributed by atoms with Crippen LogP contribution in [-0.4, -0.2) is 17.1 Å². The van der Waals surface area contributed by atoms with Crippen LogP contribution in [0.25, 0.3) is 23.1 Å². The number of carbonyl (C=O) groups excluding carboxylic acids is 2. The van der Waals surface area contributed by atoms with Gasteiger partial charge in [-0.2, -0.15) is 0 Å². The second kappa shape index (κ2) is 9.79. The number of halogens is 1. The minimum atomic E-state index is 0.0642.